The number of rotatable bonds is 6. The summed E-state index contributed by atoms with van der Waals surface area (Å²) in [6.45, 7) is 6.83. The van der Waals surface area contributed by atoms with E-state index in [4.69, 9.17) is 4.74 Å². The molecule has 21 heavy (non-hydrogen) atoms. The number of aromatic nitrogens is 5. The molecule has 0 N–H and O–H groups in total. The van der Waals surface area contributed by atoms with Crippen LogP contribution >= 0.6 is 0 Å². The van der Waals surface area contributed by atoms with E-state index in [1.165, 1.54) is 0 Å². The molecule has 7 nitrogen and oxygen atoms in total. The van der Waals surface area contributed by atoms with Gasteiger partial charge in [0.15, 0.2) is 5.69 Å². The van der Waals surface area contributed by atoms with E-state index in [1.54, 1.807) is 24.1 Å². The van der Waals surface area contributed by atoms with Gasteiger partial charge >= 0.3 is 5.97 Å². The highest BCUT2D eigenvalue weighted by molar-refractivity contribution is 5.88. The molecular weight excluding hydrogens is 270 g/mol. The molecule has 0 aliphatic heterocycles. The van der Waals surface area contributed by atoms with Crippen molar-refractivity contribution in [3.63, 3.8) is 0 Å². The lowest BCUT2D eigenvalue weighted by Gasteiger charge is -2.10. The monoisotopic (exact) mass is 291 g/mol. The summed E-state index contributed by atoms with van der Waals surface area (Å²) in [5.41, 5.74) is 2.12. The Morgan fingerprint density at radius 2 is 2.19 bits per heavy atom. The fourth-order valence-electron chi connectivity index (χ4n) is 2.10. The van der Waals surface area contributed by atoms with E-state index in [0.29, 0.717) is 24.8 Å². The lowest BCUT2D eigenvalue weighted by Crippen LogP contribution is -2.14. The summed E-state index contributed by atoms with van der Waals surface area (Å²) >= 11 is 0. The molecule has 0 aliphatic carbocycles. The van der Waals surface area contributed by atoms with Gasteiger partial charge in [-0.1, -0.05) is 19.1 Å². The molecule has 2 rings (SSSR count). The van der Waals surface area contributed by atoms with E-state index in [2.05, 4.69) is 29.1 Å². The van der Waals surface area contributed by atoms with E-state index >= 15 is 0 Å². The number of hydrogen-bond donors (Lipinski definition) is 0. The molecule has 2 aromatic heterocycles. The Balaban J connectivity index is 2.32. The van der Waals surface area contributed by atoms with Gasteiger partial charge in [0.2, 0.25) is 0 Å². The average molecular weight is 291 g/mol. The van der Waals surface area contributed by atoms with Crippen LogP contribution in [0, 0.1) is 5.92 Å². The second-order valence-corrected chi connectivity index (χ2v) is 5.36. The highest BCUT2D eigenvalue weighted by Gasteiger charge is 2.22. The van der Waals surface area contributed by atoms with Crippen molar-refractivity contribution in [3.8, 4) is 0 Å². The Morgan fingerprint density at radius 3 is 2.76 bits per heavy atom. The summed E-state index contributed by atoms with van der Waals surface area (Å²) in [6.07, 6.45) is 4.24. The van der Waals surface area contributed by atoms with Crippen LogP contribution in [0.15, 0.2) is 12.5 Å². The van der Waals surface area contributed by atoms with Gasteiger partial charge in [0, 0.05) is 7.05 Å². The van der Waals surface area contributed by atoms with Gasteiger partial charge in [-0.3, -0.25) is 0 Å². The summed E-state index contributed by atoms with van der Waals surface area (Å²) in [5, 5.41) is 8.12. The van der Waals surface area contributed by atoms with Crippen molar-refractivity contribution >= 4 is 5.97 Å². The normalized spacial score (nSPS) is 11.1. The van der Waals surface area contributed by atoms with Crippen LogP contribution in [0.5, 0.6) is 0 Å². The molecule has 114 valence electrons. The van der Waals surface area contributed by atoms with E-state index in [-0.39, 0.29) is 0 Å². The molecule has 0 aromatic carbocycles. The molecule has 0 radical (unpaired) electrons. The minimum absolute atomic E-state index is 0.313. The quantitative estimate of drug-likeness (QED) is 0.753. The smallest absolute Gasteiger partial charge is 0.360 e. The SMILES string of the molecule is CCOC(=O)c1nnn(Cc2cncn2C)c1CC(C)C. The third-order valence-corrected chi connectivity index (χ3v) is 3.14. The van der Waals surface area contributed by atoms with Crippen LogP contribution in [-0.2, 0) is 24.8 Å². The van der Waals surface area contributed by atoms with Crippen molar-refractivity contribution in [1.82, 2.24) is 24.5 Å². The number of imidazole rings is 1. The third kappa shape index (κ3) is 3.48. The molecule has 0 saturated heterocycles. The summed E-state index contributed by atoms with van der Waals surface area (Å²) in [4.78, 5) is 16.1. The minimum Gasteiger partial charge on any atom is -0.461 e. The highest BCUT2D eigenvalue weighted by atomic mass is 16.5. The molecule has 7 heteroatoms. The number of esters is 1. The Hall–Kier alpha value is -2.18. The second-order valence-electron chi connectivity index (χ2n) is 5.36. The van der Waals surface area contributed by atoms with Gasteiger partial charge in [-0.25, -0.2) is 14.5 Å². The van der Waals surface area contributed by atoms with Crippen LogP contribution in [0.4, 0.5) is 0 Å². The predicted molar refractivity (Wildman–Crippen MR) is 76.8 cm³/mol. The maximum atomic E-state index is 12.0. The van der Waals surface area contributed by atoms with Crippen molar-refractivity contribution in [1.29, 1.82) is 0 Å². The van der Waals surface area contributed by atoms with Crippen LogP contribution < -0.4 is 0 Å². The largest absolute Gasteiger partial charge is 0.461 e. The van der Waals surface area contributed by atoms with E-state index in [1.807, 2.05) is 11.6 Å². The van der Waals surface area contributed by atoms with Crippen molar-refractivity contribution < 1.29 is 9.53 Å². The third-order valence-electron chi connectivity index (χ3n) is 3.14. The molecule has 0 saturated carbocycles. The topological polar surface area (TPSA) is 74.8 Å². The number of hydrogen-bond acceptors (Lipinski definition) is 5. The van der Waals surface area contributed by atoms with Gasteiger partial charge < -0.3 is 9.30 Å². The first-order chi connectivity index (χ1) is 10.0. The zero-order valence-electron chi connectivity index (χ0n) is 12.9. The Bertz CT molecular complexity index is 615. The molecule has 0 bridgehead atoms. The van der Waals surface area contributed by atoms with Crippen LogP contribution in [-0.4, -0.2) is 37.1 Å². The van der Waals surface area contributed by atoms with Gasteiger partial charge in [0.05, 0.1) is 37.1 Å². The van der Waals surface area contributed by atoms with Gasteiger partial charge in [-0.05, 0) is 19.3 Å². The van der Waals surface area contributed by atoms with Gasteiger partial charge in [-0.2, -0.15) is 0 Å². The maximum Gasteiger partial charge on any atom is 0.360 e. The van der Waals surface area contributed by atoms with Gasteiger partial charge in [0.1, 0.15) is 0 Å². The zero-order valence-corrected chi connectivity index (χ0v) is 12.9. The van der Waals surface area contributed by atoms with Crippen molar-refractivity contribution in [2.45, 2.75) is 33.7 Å². The summed E-state index contributed by atoms with van der Waals surface area (Å²) < 4.78 is 8.72. The average Bonchev–Trinajstić information content (AvgIpc) is 2.98. The molecule has 0 unspecified atom stereocenters. The first-order valence-corrected chi connectivity index (χ1v) is 7.07. The second kappa shape index (κ2) is 6.51. The van der Waals surface area contributed by atoms with E-state index in [9.17, 15) is 4.79 Å². The van der Waals surface area contributed by atoms with Crippen molar-refractivity contribution in [2.24, 2.45) is 13.0 Å². The van der Waals surface area contributed by atoms with Crippen LogP contribution in [0.1, 0.15) is 42.6 Å². The lowest BCUT2D eigenvalue weighted by molar-refractivity contribution is 0.0517. The van der Waals surface area contributed by atoms with Gasteiger partial charge in [-0.15, -0.1) is 5.10 Å². The molecule has 0 spiro atoms. The van der Waals surface area contributed by atoms with E-state index < -0.39 is 5.97 Å². The zero-order chi connectivity index (χ0) is 15.4. The number of carbonyl (C=O) groups is 1. The number of ether oxygens (including phenoxy) is 1. The van der Waals surface area contributed by atoms with Crippen molar-refractivity contribution in [3.05, 3.63) is 29.6 Å². The van der Waals surface area contributed by atoms with Crippen LogP contribution in [0.25, 0.3) is 0 Å². The van der Waals surface area contributed by atoms with Crippen LogP contribution in [0.2, 0.25) is 0 Å². The summed E-state index contributed by atoms with van der Waals surface area (Å²) in [6, 6.07) is 0. The fraction of sp³-hybridized carbons (Fsp3) is 0.571. The molecule has 0 aliphatic rings. The number of nitrogens with zero attached hydrogens (tertiary/aromatic N) is 5. The standard InChI is InChI=1S/C14H21N5O2/c1-5-21-14(20)13-12(6-10(2)3)19(17-16-13)8-11-7-15-9-18(11)4/h7,9-10H,5-6,8H2,1-4H3. The summed E-state index contributed by atoms with van der Waals surface area (Å²) in [5.74, 6) is -0.0219. The first kappa shape index (κ1) is 15.2. The minimum atomic E-state index is -0.413. The number of aryl methyl sites for hydroxylation is 1. The van der Waals surface area contributed by atoms with Crippen LogP contribution in [0.3, 0.4) is 0 Å². The summed E-state index contributed by atoms with van der Waals surface area (Å²) in [7, 11) is 1.92. The molecule has 0 amide bonds. The molecule has 0 fully saturated rings. The lowest BCUT2D eigenvalue weighted by atomic mass is 10.1. The Morgan fingerprint density at radius 1 is 1.43 bits per heavy atom. The predicted octanol–water partition coefficient (Wildman–Crippen LogP) is 1.44. The molecule has 2 heterocycles. The molecule has 2 aromatic rings. The van der Waals surface area contributed by atoms with E-state index in [0.717, 1.165) is 17.8 Å². The van der Waals surface area contributed by atoms with Crippen molar-refractivity contribution in [2.75, 3.05) is 6.61 Å². The fourth-order valence-corrected chi connectivity index (χ4v) is 2.10. The van der Waals surface area contributed by atoms with Gasteiger partial charge in [0.25, 0.3) is 0 Å². The number of carbonyl (C=O) groups excluding carboxylic acids is 1. The highest BCUT2D eigenvalue weighted by Crippen LogP contribution is 2.14. The first-order valence-electron chi connectivity index (χ1n) is 7.07. The Kier molecular flexibility index (Phi) is 4.72. The maximum absolute atomic E-state index is 12.0. The molecule has 0 atom stereocenters. The Labute approximate surface area is 123 Å². The molecular formula is C14H21N5O2.